The summed E-state index contributed by atoms with van der Waals surface area (Å²) in [6.45, 7) is 10.2. The molecule has 0 bridgehead atoms. The lowest BCUT2D eigenvalue weighted by Crippen LogP contribution is -2.28. The van der Waals surface area contributed by atoms with Crippen LogP contribution in [0.5, 0.6) is 0 Å². The maximum Gasteiger partial charge on any atom is 0.309 e. The fourth-order valence-electron chi connectivity index (χ4n) is 2.05. The fourth-order valence-corrected chi connectivity index (χ4v) is 2.05. The molecule has 0 saturated carbocycles. The summed E-state index contributed by atoms with van der Waals surface area (Å²) in [6, 6.07) is 0. The number of hydrogen-bond acceptors (Lipinski definition) is 2. The van der Waals surface area contributed by atoms with Crippen LogP contribution in [0, 0.1) is 5.92 Å². The van der Waals surface area contributed by atoms with Crippen LogP contribution in [-0.2, 0) is 9.53 Å². The topological polar surface area (TPSA) is 26.3 Å². The number of carbonyl (C=O) groups excluding carboxylic acids is 1. The highest BCUT2D eigenvalue weighted by molar-refractivity contribution is 5.72. The van der Waals surface area contributed by atoms with Gasteiger partial charge in [0.15, 0.2) is 0 Å². The number of rotatable bonds is 9. The average molecular weight is 256 g/mol. The summed E-state index contributed by atoms with van der Waals surface area (Å²) in [5, 5.41) is 0. The Balaban J connectivity index is 4.20. The summed E-state index contributed by atoms with van der Waals surface area (Å²) in [6.07, 6.45) is 9.12. The van der Waals surface area contributed by atoms with Crippen LogP contribution < -0.4 is 0 Å². The van der Waals surface area contributed by atoms with E-state index in [0.717, 1.165) is 25.7 Å². The number of hydrogen-bond donors (Lipinski definition) is 0. The lowest BCUT2D eigenvalue weighted by molar-refractivity contribution is -0.160. The van der Waals surface area contributed by atoms with Gasteiger partial charge >= 0.3 is 5.97 Å². The van der Waals surface area contributed by atoms with Gasteiger partial charge in [-0.1, -0.05) is 52.4 Å². The van der Waals surface area contributed by atoms with Gasteiger partial charge in [-0.3, -0.25) is 4.79 Å². The van der Waals surface area contributed by atoms with E-state index in [1.807, 2.05) is 20.8 Å². The zero-order valence-electron chi connectivity index (χ0n) is 13.1. The first-order valence-electron chi connectivity index (χ1n) is 7.63. The van der Waals surface area contributed by atoms with E-state index in [0.29, 0.717) is 0 Å². The molecule has 0 aliphatic heterocycles. The maximum atomic E-state index is 12.1. The number of esters is 1. The van der Waals surface area contributed by atoms with Crippen LogP contribution in [0.2, 0.25) is 0 Å². The molecule has 108 valence electrons. The zero-order chi connectivity index (χ0) is 14.0. The Hall–Kier alpha value is -0.530. The molecule has 0 aromatic heterocycles. The van der Waals surface area contributed by atoms with E-state index >= 15 is 0 Å². The predicted molar refractivity (Wildman–Crippen MR) is 77.6 cm³/mol. The van der Waals surface area contributed by atoms with Crippen LogP contribution >= 0.6 is 0 Å². The van der Waals surface area contributed by atoms with Gasteiger partial charge in [-0.25, -0.2) is 0 Å². The number of carbonyl (C=O) groups is 1. The molecule has 18 heavy (non-hydrogen) atoms. The molecule has 2 nitrogen and oxygen atoms in total. The SMILES string of the molecule is CCCCCC(CCCCC)C(=O)OC(C)(C)C. The van der Waals surface area contributed by atoms with E-state index in [2.05, 4.69) is 13.8 Å². The van der Waals surface area contributed by atoms with Crippen LogP contribution in [0.15, 0.2) is 0 Å². The fraction of sp³-hybridized carbons (Fsp3) is 0.938. The second-order valence-corrected chi connectivity index (χ2v) is 6.22. The zero-order valence-corrected chi connectivity index (χ0v) is 13.1. The summed E-state index contributed by atoms with van der Waals surface area (Å²) in [7, 11) is 0. The third-order valence-electron chi connectivity index (χ3n) is 3.05. The van der Waals surface area contributed by atoms with Crippen molar-refractivity contribution in [2.45, 2.75) is 91.6 Å². The van der Waals surface area contributed by atoms with E-state index in [1.54, 1.807) is 0 Å². The van der Waals surface area contributed by atoms with E-state index in [-0.39, 0.29) is 17.5 Å². The summed E-state index contributed by atoms with van der Waals surface area (Å²) >= 11 is 0. The van der Waals surface area contributed by atoms with Crippen molar-refractivity contribution in [3.05, 3.63) is 0 Å². The molecule has 0 spiro atoms. The Labute approximate surface area is 113 Å². The van der Waals surface area contributed by atoms with E-state index in [1.165, 1.54) is 25.7 Å². The van der Waals surface area contributed by atoms with Crippen molar-refractivity contribution in [3.8, 4) is 0 Å². The third kappa shape index (κ3) is 9.49. The molecule has 0 radical (unpaired) electrons. The molecule has 0 heterocycles. The standard InChI is InChI=1S/C16H32O2/c1-6-8-10-12-14(13-11-9-7-2)15(17)18-16(3,4)5/h14H,6-13H2,1-5H3. The minimum Gasteiger partial charge on any atom is -0.460 e. The van der Waals surface area contributed by atoms with Crippen LogP contribution in [0.4, 0.5) is 0 Å². The second-order valence-electron chi connectivity index (χ2n) is 6.22. The first kappa shape index (κ1) is 17.5. The molecule has 0 aliphatic rings. The summed E-state index contributed by atoms with van der Waals surface area (Å²) < 4.78 is 5.52. The maximum absolute atomic E-state index is 12.1. The molecular weight excluding hydrogens is 224 g/mol. The summed E-state index contributed by atoms with van der Waals surface area (Å²) in [5.41, 5.74) is -0.356. The van der Waals surface area contributed by atoms with Gasteiger partial charge in [0.25, 0.3) is 0 Å². The van der Waals surface area contributed by atoms with Gasteiger partial charge in [0.2, 0.25) is 0 Å². The minimum atomic E-state index is -0.356. The van der Waals surface area contributed by atoms with Crippen molar-refractivity contribution >= 4 is 5.97 Å². The monoisotopic (exact) mass is 256 g/mol. The highest BCUT2D eigenvalue weighted by Crippen LogP contribution is 2.21. The average Bonchev–Trinajstić information content (AvgIpc) is 2.25. The highest BCUT2D eigenvalue weighted by Gasteiger charge is 2.24. The molecule has 0 amide bonds. The van der Waals surface area contributed by atoms with Crippen molar-refractivity contribution in [2.75, 3.05) is 0 Å². The van der Waals surface area contributed by atoms with Gasteiger partial charge < -0.3 is 4.74 Å². The molecule has 0 unspecified atom stereocenters. The number of ether oxygens (including phenoxy) is 1. The van der Waals surface area contributed by atoms with Crippen molar-refractivity contribution in [2.24, 2.45) is 5.92 Å². The number of unbranched alkanes of at least 4 members (excludes halogenated alkanes) is 4. The van der Waals surface area contributed by atoms with Gasteiger partial charge in [0, 0.05) is 0 Å². The quantitative estimate of drug-likeness (QED) is 0.423. The van der Waals surface area contributed by atoms with Gasteiger partial charge in [0.1, 0.15) is 5.60 Å². The summed E-state index contributed by atoms with van der Waals surface area (Å²) in [4.78, 5) is 12.1. The Bertz CT molecular complexity index is 206. The van der Waals surface area contributed by atoms with E-state index < -0.39 is 0 Å². The van der Waals surface area contributed by atoms with Crippen LogP contribution in [0.25, 0.3) is 0 Å². The Morgan fingerprint density at radius 1 is 0.944 bits per heavy atom. The minimum absolute atomic E-state index is 0.00899. The molecule has 0 aliphatic carbocycles. The third-order valence-corrected chi connectivity index (χ3v) is 3.05. The molecule has 0 fully saturated rings. The molecule has 0 saturated heterocycles. The van der Waals surface area contributed by atoms with Crippen LogP contribution in [0.3, 0.4) is 0 Å². The Morgan fingerprint density at radius 3 is 1.72 bits per heavy atom. The highest BCUT2D eigenvalue weighted by atomic mass is 16.6. The smallest absolute Gasteiger partial charge is 0.309 e. The van der Waals surface area contributed by atoms with Gasteiger partial charge in [-0.2, -0.15) is 0 Å². The van der Waals surface area contributed by atoms with Gasteiger partial charge in [0.05, 0.1) is 5.92 Å². The second kappa shape index (κ2) is 9.41. The lowest BCUT2D eigenvalue weighted by atomic mass is 9.95. The molecule has 0 aromatic rings. The van der Waals surface area contributed by atoms with E-state index in [4.69, 9.17) is 4.74 Å². The van der Waals surface area contributed by atoms with Crippen molar-refractivity contribution < 1.29 is 9.53 Å². The molecule has 0 N–H and O–H groups in total. The molecule has 2 heteroatoms. The van der Waals surface area contributed by atoms with Gasteiger partial charge in [-0.15, -0.1) is 0 Å². The predicted octanol–water partition coefficient (Wildman–Crippen LogP) is 5.10. The first-order chi connectivity index (χ1) is 8.40. The van der Waals surface area contributed by atoms with Crippen molar-refractivity contribution in [1.82, 2.24) is 0 Å². The lowest BCUT2D eigenvalue weighted by Gasteiger charge is -2.24. The normalized spacial score (nSPS) is 11.9. The molecule has 0 aromatic carbocycles. The van der Waals surface area contributed by atoms with Crippen LogP contribution in [0.1, 0.15) is 86.0 Å². The van der Waals surface area contributed by atoms with E-state index in [9.17, 15) is 4.79 Å². The largest absolute Gasteiger partial charge is 0.460 e. The molecular formula is C16H32O2. The molecule has 0 atom stereocenters. The Kier molecular flexibility index (Phi) is 9.13. The van der Waals surface area contributed by atoms with Crippen molar-refractivity contribution in [1.29, 1.82) is 0 Å². The van der Waals surface area contributed by atoms with Crippen molar-refractivity contribution in [3.63, 3.8) is 0 Å². The Morgan fingerprint density at radius 2 is 1.39 bits per heavy atom. The first-order valence-corrected chi connectivity index (χ1v) is 7.63. The van der Waals surface area contributed by atoms with Gasteiger partial charge in [-0.05, 0) is 33.6 Å². The molecule has 0 rings (SSSR count). The summed E-state index contributed by atoms with van der Waals surface area (Å²) in [5.74, 6) is 0.122. The van der Waals surface area contributed by atoms with Crippen LogP contribution in [-0.4, -0.2) is 11.6 Å².